The minimum atomic E-state index is -0.997. The minimum absolute atomic E-state index is 0.285. The Bertz CT molecular complexity index is 1340. The van der Waals surface area contributed by atoms with Crippen LogP contribution in [0, 0.1) is 17.7 Å². The molecule has 3 aliphatic rings. The maximum Gasteiger partial charge on any atom is 0.335 e. The molecule has 0 aromatic heterocycles. The van der Waals surface area contributed by atoms with Gasteiger partial charge in [-0.15, -0.1) is 0 Å². The molecule has 0 saturated carbocycles. The van der Waals surface area contributed by atoms with Gasteiger partial charge in [-0.2, -0.15) is 0 Å². The Labute approximate surface area is 194 Å². The number of fused-ring (bicyclic) bond motifs is 5. The van der Waals surface area contributed by atoms with Gasteiger partial charge in [-0.3, -0.25) is 9.59 Å². The lowest BCUT2D eigenvalue weighted by molar-refractivity contribution is -0.139. The Morgan fingerprint density at radius 2 is 1.50 bits per heavy atom. The number of para-hydroxylation sites is 2. The van der Waals surface area contributed by atoms with Gasteiger partial charge in [0, 0.05) is 5.69 Å². The lowest BCUT2D eigenvalue weighted by atomic mass is 9.89. The number of halogens is 1. The molecule has 2 fully saturated rings. The number of anilines is 2. The molecular formula is C27H19FN2O4. The number of amides is 2. The summed E-state index contributed by atoms with van der Waals surface area (Å²) >= 11 is 0. The third-order valence-corrected chi connectivity index (χ3v) is 6.70. The zero-order chi connectivity index (χ0) is 23.4. The maximum absolute atomic E-state index is 13.7. The average molecular weight is 454 g/mol. The Hall–Kier alpha value is -4.26. The number of esters is 1. The van der Waals surface area contributed by atoms with Gasteiger partial charge in [0.15, 0.2) is 0 Å². The molecule has 6 rings (SSSR count). The van der Waals surface area contributed by atoms with Crippen LogP contribution in [0.1, 0.15) is 5.56 Å². The quantitative estimate of drug-likeness (QED) is 0.342. The first-order valence-corrected chi connectivity index (χ1v) is 11.0. The summed E-state index contributed by atoms with van der Waals surface area (Å²) in [6.45, 7) is 0. The molecule has 0 N–H and O–H groups in total. The van der Waals surface area contributed by atoms with Gasteiger partial charge < -0.3 is 9.64 Å². The van der Waals surface area contributed by atoms with E-state index in [1.54, 1.807) is 24.3 Å². The third-order valence-electron chi connectivity index (χ3n) is 6.70. The monoisotopic (exact) mass is 454 g/mol. The third kappa shape index (κ3) is 2.97. The fraction of sp³-hybridized carbons (Fsp3) is 0.148. The van der Waals surface area contributed by atoms with Crippen molar-refractivity contribution in [2.45, 2.75) is 12.1 Å². The van der Waals surface area contributed by atoms with E-state index in [2.05, 4.69) is 0 Å². The second-order valence-corrected chi connectivity index (χ2v) is 8.53. The van der Waals surface area contributed by atoms with E-state index in [0.717, 1.165) is 16.2 Å². The topological polar surface area (TPSA) is 66.9 Å². The van der Waals surface area contributed by atoms with Gasteiger partial charge in [0.1, 0.15) is 17.6 Å². The first-order valence-electron chi connectivity index (χ1n) is 11.0. The average Bonchev–Trinajstić information content (AvgIpc) is 3.33. The van der Waals surface area contributed by atoms with Crippen LogP contribution in [0.3, 0.4) is 0 Å². The second kappa shape index (κ2) is 7.66. The Morgan fingerprint density at radius 3 is 2.26 bits per heavy atom. The van der Waals surface area contributed by atoms with E-state index in [4.69, 9.17) is 4.74 Å². The highest BCUT2D eigenvalue weighted by Gasteiger charge is 2.65. The van der Waals surface area contributed by atoms with Gasteiger partial charge in [-0.1, -0.05) is 48.6 Å². The van der Waals surface area contributed by atoms with Crippen molar-refractivity contribution in [2.75, 3.05) is 9.80 Å². The van der Waals surface area contributed by atoms with Gasteiger partial charge in [-0.05, 0) is 48.0 Å². The van der Waals surface area contributed by atoms with Crippen LogP contribution in [0.15, 0.2) is 84.9 Å². The number of rotatable bonds is 3. The van der Waals surface area contributed by atoms with Crippen molar-refractivity contribution in [1.29, 1.82) is 0 Å². The lowest BCUT2D eigenvalue weighted by Gasteiger charge is -2.36. The number of nitrogens with zero attached hydrogens (tertiary/aromatic N) is 2. The first-order chi connectivity index (χ1) is 16.5. The summed E-state index contributed by atoms with van der Waals surface area (Å²) in [6.07, 6.45) is 3.78. The summed E-state index contributed by atoms with van der Waals surface area (Å²) < 4.78 is 19.1. The molecule has 0 bridgehead atoms. The molecule has 3 aliphatic heterocycles. The molecule has 0 spiro atoms. The zero-order valence-electron chi connectivity index (χ0n) is 17.9. The van der Waals surface area contributed by atoms with Gasteiger partial charge >= 0.3 is 5.97 Å². The van der Waals surface area contributed by atoms with Crippen LogP contribution < -0.4 is 14.5 Å². The molecule has 3 aromatic rings. The number of imide groups is 1. The van der Waals surface area contributed by atoms with E-state index in [-0.39, 0.29) is 5.69 Å². The van der Waals surface area contributed by atoms with E-state index in [0.29, 0.717) is 5.75 Å². The Morgan fingerprint density at radius 1 is 0.824 bits per heavy atom. The van der Waals surface area contributed by atoms with Gasteiger partial charge in [-0.25, -0.2) is 14.1 Å². The van der Waals surface area contributed by atoms with Crippen LogP contribution in [0.5, 0.6) is 5.75 Å². The molecule has 168 valence electrons. The van der Waals surface area contributed by atoms with E-state index in [9.17, 15) is 18.8 Å². The van der Waals surface area contributed by atoms with Gasteiger partial charge in [0.05, 0.1) is 23.6 Å². The van der Waals surface area contributed by atoms with Crippen LogP contribution in [0.4, 0.5) is 15.8 Å². The van der Waals surface area contributed by atoms with Gasteiger partial charge in [0.2, 0.25) is 11.8 Å². The summed E-state index contributed by atoms with van der Waals surface area (Å²) in [5.41, 5.74) is 1.95. The van der Waals surface area contributed by atoms with Crippen molar-refractivity contribution >= 4 is 35.2 Å². The predicted molar refractivity (Wildman–Crippen MR) is 123 cm³/mol. The van der Waals surface area contributed by atoms with Crippen molar-refractivity contribution in [3.05, 3.63) is 96.3 Å². The highest BCUT2D eigenvalue weighted by Crippen LogP contribution is 2.49. The van der Waals surface area contributed by atoms with Gasteiger partial charge in [0.25, 0.3) is 0 Å². The smallest absolute Gasteiger partial charge is 0.335 e. The largest absolute Gasteiger partial charge is 0.425 e. The number of hydrogen-bond acceptors (Lipinski definition) is 5. The van der Waals surface area contributed by atoms with Crippen LogP contribution in [-0.2, 0) is 14.4 Å². The molecule has 6 nitrogen and oxygen atoms in total. The summed E-state index contributed by atoms with van der Waals surface area (Å²) in [5, 5.41) is 0. The van der Waals surface area contributed by atoms with Crippen molar-refractivity contribution < 1.29 is 23.5 Å². The zero-order valence-corrected chi connectivity index (χ0v) is 17.9. The van der Waals surface area contributed by atoms with Crippen LogP contribution in [0.25, 0.3) is 6.08 Å². The summed E-state index contributed by atoms with van der Waals surface area (Å²) in [4.78, 5) is 43.7. The molecule has 0 unspecified atom stereocenters. The summed E-state index contributed by atoms with van der Waals surface area (Å²) in [6, 6.07) is 19.9. The van der Waals surface area contributed by atoms with Crippen LogP contribution in [-0.4, -0.2) is 29.9 Å². The van der Waals surface area contributed by atoms with E-state index < -0.39 is 47.5 Å². The maximum atomic E-state index is 13.7. The van der Waals surface area contributed by atoms with Crippen molar-refractivity contribution in [3.8, 4) is 5.75 Å². The Kier molecular flexibility index (Phi) is 4.58. The number of carbonyl (C=O) groups is 3. The normalized spacial score (nSPS) is 24.6. The molecule has 7 heteroatoms. The van der Waals surface area contributed by atoms with Crippen molar-refractivity contribution in [2.24, 2.45) is 11.8 Å². The van der Waals surface area contributed by atoms with Crippen molar-refractivity contribution in [3.63, 3.8) is 0 Å². The van der Waals surface area contributed by atoms with Crippen molar-refractivity contribution in [1.82, 2.24) is 0 Å². The highest BCUT2D eigenvalue weighted by atomic mass is 19.1. The molecule has 34 heavy (non-hydrogen) atoms. The van der Waals surface area contributed by atoms with E-state index in [1.165, 1.54) is 24.3 Å². The minimum Gasteiger partial charge on any atom is -0.425 e. The fourth-order valence-corrected chi connectivity index (χ4v) is 5.29. The molecular weight excluding hydrogens is 435 g/mol. The molecule has 3 aromatic carbocycles. The molecule has 0 radical (unpaired) electrons. The number of ether oxygens (including phenoxy) is 1. The molecule has 4 atom stereocenters. The molecule has 2 amide bonds. The summed E-state index contributed by atoms with van der Waals surface area (Å²) in [5.74, 6) is -3.31. The van der Waals surface area contributed by atoms with Crippen LogP contribution >= 0.6 is 0 Å². The molecule has 3 heterocycles. The number of carbonyl (C=O) groups excluding carboxylic acids is 3. The fourth-order valence-electron chi connectivity index (χ4n) is 5.29. The first kappa shape index (κ1) is 20.4. The number of hydrogen-bond donors (Lipinski definition) is 0. The second-order valence-electron chi connectivity index (χ2n) is 8.53. The molecule has 0 aliphatic carbocycles. The molecule has 2 saturated heterocycles. The number of benzene rings is 3. The standard InChI is InChI=1S/C27H19FN2O4/c28-17-11-13-18(14-12-17)29-25(31)22-21-15-10-16-6-4-5-9-20(16)30(21)24(23(22)26(29)32)27(33)34-19-7-2-1-3-8-19/h1-15,21-24H/t21-,22-,23+,24-/m0/s1. The predicted octanol–water partition coefficient (Wildman–Crippen LogP) is 3.82. The van der Waals surface area contributed by atoms with E-state index >= 15 is 0 Å². The lowest BCUT2D eigenvalue weighted by Crippen LogP contribution is -2.50. The highest BCUT2D eigenvalue weighted by molar-refractivity contribution is 6.24. The van der Waals surface area contributed by atoms with E-state index in [1.807, 2.05) is 47.4 Å². The Balaban J connectivity index is 1.44. The summed E-state index contributed by atoms with van der Waals surface area (Å²) in [7, 11) is 0. The van der Waals surface area contributed by atoms with Crippen LogP contribution in [0.2, 0.25) is 0 Å². The SMILES string of the molecule is O=C(Oc1ccccc1)[C@@H]1[C@@H]2C(=O)N(c3ccc(F)cc3)C(=O)[C@H]2[C@@H]2C=Cc3ccccc3N12.